The summed E-state index contributed by atoms with van der Waals surface area (Å²) in [4.78, 5) is 19.9. The fraction of sp³-hybridized carbons (Fsp3) is 0.762. The zero-order chi connectivity index (χ0) is 18.5. The summed E-state index contributed by atoms with van der Waals surface area (Å²) in [5, 5.41) is 0. The van der Waals surface area contributed by atoms with Gasteiger partial charge in [-0.05, 0) is 76.2 Å². The number of rotatable bonds is 3. The summed E-state index contributed by atoms with van der Waals surface area (Å²) in [5.74, 6) is 2.94. The van der Waals surface area contributed by atoms with E-state index in [9.17, 15) is 4.79 Å². The number of likely N-dealkylation sites (tertiary alicyclic amines) is 2. The molecule has 1 amide bonds. The zero-order valence-electron chi connectivity index (χ0n) is 16.8. The monoisotopic (exact) mass is 359 g/mol. The minimum atomic E-state index is -0.140. The van der Waals surface area contributed by atoms with Gasteiger partial charge in [-0.3, -0.25) is 9.69 Å². The van der Waals surface area contributed by atoms with Crippen molar-refractivity contribution in [2.45, 2.75) is 39.2 Å². The molecule has 1 aliphatic carbocycles. The molecule has 1 aromatic heterocycles. The maximum Gasteiger partial charge on any atom is 0.229 e. The summed E-state index contributed by atoms with van der Waals surface area (Å²) < 4.78 is 5.76. The summed E-state index contributed by atoms with van der Waals surface area (Å²) >= 11 is 0. The van der Waals surface area contributed by atoms with Crippen LogP contribution in [0.1, 0.15) is 37.2 Å². The van der Waals surface area contributed by atoms with Crippen molar-refractivity contribution in [1.29, 1.82) is 0 Å². The molecule has 3 fully saturated rings. The van der Waals surface area contributed by atoms with Crippen LogP contribution in [0.15, 0.2) is 16.5 Å². The van der Waals surface area contributed by atoms with E-state index in [1.165, 1.54) is 19.3 Å². The second-order valence-corrected chi connectivity index (χ2v) is 9.26. The van der Waals surface area contributed by atoms with E-state index >= 15 is 0 Å². The van der Waals surface area contributed by atoms with Crippen LogP contribution >= 0.6 is 0 Å². The Balaban J connectivity index is 1.47. The molecule has 3 aliphatic rings. The molecule has 1 aromatic rings. The molecule has 0 N–H and O–H groups in total. The van der Waals surface area contributed by atoms with Gasteiger partial charge in [0.15, 0.2) is 0 Å². The average Bonchev–Trinajstić information content (AvgIpc) is 3.24. The topological polar surface area (TPSA) is 39.9 Å². The largest absolute Gasteiger partial charge is 0.465 e. The highest BCUT2D eigenvalue weighted by molar-refractivity contribution is 5.84. The second kappa shape index (κ2) is 6.38. The average molecular weight is 360 g/mol. The molecule has 26 heavy (non-hydrogen) atoms. The van der Waals surface area contributed by atoms with Crippen molar-refractivity contribution in [2.75, 3.05) is 47.3 Å². The molecule has 3 heterocycles. The van der Waals surface area contributed by atoms with Crippen molar-refractivity contribution >= 4 is 5.91 Å². The maximum absolute atomic E-state index is 13.1. The van der Waals surface area contributed by atoms with Crippen molar-refractivity contribution in [3.05, 3.63) is 23.7 Å². The highest BCUT2D eigenvalue weighted by Crippen LogP contribution is 2.62. The van der Waals surface area contributed by atoms with E-state index in [2.05, 4.69) is 22.9 Å². The van der Waals surface area contributed by atoms with Crippen molar-refractivity contribution in [3.63, 3.8) is 0 Å². The normalized spacial score (nSPS) is 31.5. The van der Waals surface area contributed by atoms with Gasteiger partial charge in [0, 0.05) is 27.2 Å². The van der Waals surface area contributed by atoms with Crippen LogP contribution in [0.25, 0.3) is 0 Å². The Bertz CT molecular complexity index is 675. The number of carbonyl (C=O) groups excluding carboxylic acids is 1. The van der Waals surface area contributed by atoms with Crippen LogP contribution in [-0.4, -0.2) is 67.9 Å². The van der Waals surface area contributed by atoms with Crippen molar-refractivity contribution in [2.24, 2.45) is 16.7 Å². The van der Waals surface area contributed by atoms with E-state index in [0.29, 0.717) is 17.2 Å². The summed E-state index contributed by atoms with van der Waals surface area (Å²) in [6.07, 6.45) is 4.72. The molecular formula is C21H33N3O2. The molecule has 0 aromatic carbocycles. The van der Waals surface area contributed by atoms with Crippen LogP contribution in [0.3, 0.4) is 0 Å². The summed E-state index contributed by atoms with van der Waals surface area (Å²) in [6.45, 7) is 7.17. The lowest BCUT2D eigenvalue weighted by Gasteiger charge is -2.44. The van der Waals surface area contributed by atoms with Gasteiger partial charge in [-0.25, -0.2) is 0 Å². The van der Waals surface area contributed by atoms with Gasteiger partial charge >= 0.3 is 0 Å². The molecule has 1 saturated carbocycles. The number of furan rings is 1. The van der Waals surface area contributed by atoms with Gasteiger partial charge in [-0.2, -0.15) is 0 Å². The molecule has 1 spiro atoms. The predicted octanol–water partition coefficient (Wildman–Crippen LogP) is 2.60. The van der Waals surface area contributed by atoms with E-state index in [4.69, 9.17) is 4.42 Å². The van der Waals surface area contributed by atoms with Gasteiger partial charge in [-0.15, -0.1) is 0 Å². The molecule has 2 atom stereocenters. The number of amides is 1. The third-order valence-corrected chi connectivity index (χ3v) is 7.38. The minimum Gasteiger partial charge on any atom is -0.465 e. The fourth-order valence-corrected chi connectivity index (χ4v) is 6.14. The van der Waals surface area contributed by atoms with Crippen molar-refractivity contribution < 1.29 is 9.21 Å². The molecular weight excluding hydrogens is 326 g/mol. The lowest BCUT2D eigenvalue weighted by molar-refractivity contribution is -0.141. The Morgan fingerprint density at radius 3 is 2.58 bits per heavy atom. The van der Waals surface area contributed by atoms with Gasteiger partial charge in [0.1, 0.15) is 11.5 Å². The first-order chi connectivity index (χ1) is 12.3. The van der Waals surface area contributed by atoms with Crippen LogP contribution in [0.4, 0.5) is 0 Å². The van der Waals surface area contributed by atoms with Gasteiger partial charge in [0.05, 0.1) is 12.0 Å². The molecule has 0 radical (unpaired) electrons. The second-order valence-electron chi connectivity index (χ2n) is 9.26. The third-order valence-electron chi connectivity index (χ3n) is 7.38. The number of fused-ring (bicyclic) bond motifs is 2. The molecule has 2 saturated heterocycles. The van der Waals surface area contributed by atoms with Crippen LogP contribution in [0.5, 0.6) is 0 Å². The van der Waals surface area contributed by atoms with Crippen molar-refractivity contribution in [1.82, 2.24) is 14.7 Å². The van der Waals surface area contributed by atoms with E-state index in [1.807, 2.05) is 32.0 Å². The lowest BCUT2D eigenvalue weighted by atomic mass is 9.65. The molecule has 144 valence electrons. The Morgan fingerprint density at radius 2 is 1.96 bits per heavy atom. The third kappa shape index (κ3) is 2.80. The number of nitrogens with zero attached hydrogens (tertiary/aromatic N) is 3. The smallest absolute Gasteiger partial charge is 0.229 e. The molecule has 0 unspecified atom stereocenters. The van der Waals surface area contributed by atoms with E-state index in [-0.39, 0.29) is 5.41 Å². The molecule has 4 rings (SSSR count). The first-order valence-corrected chi connectivity index (χ1v) is 10.0. The van der Waals surface area contributed by atoms with E-state index < -0.39 is 0 Å². The molecule has 5 nitrogen and oxygen atoms in total. The highest BCUT2D eigenvalue weighted by atomic mass is 16.3. The molecule has 5 heteroatoms. The Hall–Kier alpha value is -1.33. The number of piperidine rings is 1. The Kier molecular flexibility index (Phi) is 4.43. The van der Waals surface area contributed by atoms with E-state index in [1.54, 1.807) is 0 Å². The quantitative estimate of drug-likeness (QED) is 0.832. The summed E-state index contributed by atoms with van der Waals surface area (Å²) in [6, 6.07) is 4.15. The minimum absolute atomic E-state index is 0.140. The van der Waals surface area contributed by atoms with E-state index in [0.717, 1.165) is 50.7 Å². The zero-order valence-corrected chi connectivity index (χ0v) is 16.8. The van der Waals surface area contributed by atoms with Crippen molar-refractivity contribution in [3.8, 4) is 0 Å². The predicted molar refractivity (Wildman–Crippen MR) is 102 cm³/mol. The lowest BCUT2D eigenvalue weighted by Crippen LogP contribution is -2.48. The number of hydrogen-bond donors (Lipinski definition) is 0. The van der Waals surface area contributed by atoms with Gasteiger partial charge in [0.2, 0.25) is 5.91 Å². The Labute approximate surface area is 157 Å². The SMILES string of the molecule is Cc1ccc(CN2CCC3(CC2)CC[C@]2(C(=O)N(C)C)CN(C)C[C@@H]32)o1. The number of carbonyl (C=O) groups is 1. The number of aryl methyl sites for hydroxylation is 1. The number of hydrogen-bond acceptors (Lipinski definition) is 4. The van der Waals surface area contributed by atoms with Gasteiger partial charge in [0.25, 0.3) is 0 Å². The highest BCUT2D eigenvalue weighted by Gasteiger charge is 2.63. The molecule has 0 bridgehead atoms. The summed E-state index contributed by atoms with van der Waals surface area (Å²) in [7, 11) is 6.03. The fourth-order valence-electron chi connectivity index (χ4n) is 6.14. The summed E-state index contributed by atoms with van der Waals surface area (Å²) in [5.41, 5.74) is 0.213. The van der Waals surface area contributed by atoms with Crippen LogP contribution < -0.4 is 0 Å². The molecule has 2 aliphatic heterocycles. The van der Waals surface area contributed by atoms with Gasteiger partial charge < -0.3 is 14.2 Å². The van der Waals surface area contributed by atoms with Crippen LogP contribution in [0, 0.1) is 23.7 Å². The first-order valence-electron chi connectivity index (χ1n) is 10.0. The Morgan fingerprint density at radius 1 is 1.23 bits per heavy atom. The maximum atomic E-state index is 13.1. The van der Waals surface area contributed by atoms with Gasteiger partial charge in [-0.1, -0.05) is 0 Å². The first kappa shape index (κ1) is 18.1. The standard InChI is InChI=1S/C21H33N3O2/c1-16-5-6-17(26-16)13-24-11-9-20(10-12-24)7-8-21(19(25)22(2)3)15-23(4)14-18(20)21/h5-6,18H,7-15H2,1-4H3/t18-,21-/m0/s1. The van der Waals surface area contributed by atoms with Crippen LogP contribution in [-0.2, 0) is 11.3 Å². The van der Waals surface area contributed by atoms with Crippen LogP contribution in [0.2, 0.25) is 0 Å².